The molecule has 1 aromatic rings. The molecule has 7 heteroatoms. The van der Waals surface area contributed by atoms with Crippen molar-refractivity contribution in [3.8, 4) is 0 Å². The van der Waals surface area contributed by atoms with Gasteiger partial charge in [0.05, 0.1) is 10.6 Å². The smallest absolute Gasteiger partial charge is 0.177 e. The summed E-state index contributed by atoms with van der Waals surface area (Å²) in [5.74, 6) is 0. The Morgan fingerprint density at radius 3 is 2.43 bits per heavy atom. The van der Waals surface area contributed by atoms with Crippen molar-refractivity contribution in [3.63, 3.8) is 0 Å². The predicted molar refractivity (Wildman–Crippen MR) is 52.1 cm³/mol. The van der Waals surface area contributed by atoms with E-state index >= 15 is 0 Å². The van der Waals surface area contributed by atoms with Crippen LogP contribution < -0.4 is 4.72 Å². The van der Waals surface area contributed by atoms with Gasteiger partial charge in [-0.25, -0.2) is 8.42 Å². The maximum Gasteiger partial charge on any atom is 0.177 e. The number of nitrogens with one attached hydrogen (secondary N) is 1. The molecular formula is C7H8NO4S2-. The molecule has 1 N–H and O–H groups in total. The number of sulfone groups is 1. The van der Waals surface area contributed by atoms with Gasteiger partial charge < -0.3 is 9.27 Å². The van der Waals surface area contributed by atoms with Gasteiger partial charge in [0.15, 0.2) is 9.84 Å². The normalized spacial score (nSPS) is 13.6. The Labute approximate surface area is 84.5 Å². The van der Waals surface area contributed by atoms with Gasteiger partial charge in [0.25, 0.3) is 0 Å². The SMILES string of the molecule is CS(=O)(=O)c1ccccc1NS(=O)[O-]. The molecule has 1 unspecified atom stereocenters. The lowest BCUT2D eigenvalue weighted by Crippen LogP contribution is -2.07. The van der Waals surface area contributed by atoms with E-state index in [1.165, 1.54) is 18.2 Å². The molecule has 0 saturated carbocycles. The topological polar surface area (TPSA) is 86.3 Å². The van der Waals surface area contributed by atoms with Crippen molar-refractivity contribution in [2.24, 2.45) is 0 Å². The van der Waals surface area contributed by atoms with Crippen LogP contribution in [0, 0.1) is 0 Å². The number of para-hydroxylation sites is 1. The summed E-state index contributed by atoms with van der Waals surface area (Å²) in [5, 5.41) is 0. The van der Waals surface area contributed by atoms with Gasteiger partial charge in [-0.3, -0.25) is 4.21 Å². The molecule has 0 aliphatic rings. The molecule has 0 fully saturated rings. The van der Waals surface area contributed by atoms with E-state index < -0.39 is 21.1 Å². The Morgan fingerprint density at radius 2 is 1.93 bits per heavy atom. The third-order valence-electron chi connectivity index (χ3n) is 1.48. The van der Waals surface area contributed by atoms with Crippen molar-refractivity contribution in [1.29, 1.82) is 0 Å². The quantitative estimate of drug-likeness (QED) is 0.762. The molecule has 0 aliphatic carbocycles. The maximum atomic E-state index is 11.2. The van der Waals surface area contributed by atoms with Crippen LogP contribution in [0.4, 0.5) is 5.69 Å². The van der Waals surface area contributed by atoms with E-state index in [2.05, 4.69) is 0 Å². The van der Waals surface area contributed by atoms with Crippen LogP contribution in [0.25, 0.3) is 0 Å². The number of benzene rings is 1. The van der Waals surface area contributed by atoms with Crippen LogP contribution >= 0.6 is 0 Å². The van der Waals surface area contributed by atoms with Gasteiger partial charge in [-0.05, 0) is 12.1 Å². The van der Waals surface area contributed by atoms with Crippen molar-refractivity contribution < 1.29 is 17.2 Å². The summed E-state index contributed by atoms with van der Waals surface area (Å²) in [4.78, 5) is -0.0378. The number of hydrogen-bond donors (Lipinski definition) is 1. The van der Waals surface area contributed by atoms with Crippen LogP contribution in [0.2, 0.25) is 0 Å². The first-order valence-electron chi connectivity index (χ1n) is 3.56. The molecule has 1 atom stereocenters. The molecule has 0 amide bonds. The van der Waals surface area contributed by atoms with Crippen molar-refractivity contribution in [2.45, 2.75) is 4.90 Å². The Hall–Kier alpha value is -0.920. The minimum atomic E-state index is -3.41. The maximum absolute atomic E-state index is 11.2. The third kappa shape index (κ3) is 2.79. The second-order valence-electron chi connectivity index (χ2n) is 2.61. The minimum Gasteiger partial charge on any atom is -0.755 e. The lowest BCUT2D eigenvalue weighted by Gasteiger charge is -2.11. The van der Waals surface area contributed by atoms with E-state index in [0.717, 1.165) is 6.26 Å². The third-order valence-corrected chi connectivity index (χ3v) is 3.02. The summed E-state index contributed by atoms with van der Waals surface area (Å²) < 4.78 is 45.1. The molecule has 0 saturated heterocycles. The van der Waals surface area contributed by atoms with Crippen LogP contribution in [0.15, 0.2) is 29.2 Å². The zero-order valence-corrected chi connectivity index (χ0v) is 8.89. The van der Waals surface area contributed by atoms with Crippen LogP contribution in [0.3, 0.4) is 0 Å². The van der Waals surface area contributed by atoms with Crippen LogP contribution in [-0.2, 0) is 21.1 Å². The Balaban J connectivity index is 3.23. The van der Waals surface area contributed by atoms with Gasteiger partial charge in [-0.15, -0.1) is 0 Å². The molecule has 0 bridgehead atoms. The largest absolute Gasteiger partial charge is 0.755 e. The average Bonchev–Trinajstić information content (AvgIpc) is 2.01. The Morgan fingerprint density at radius 1 is 1.36 bits per heavy atom. The molecule has 78 valence electrons. The van der Waals surface area contributed by atoms with Crippen LogP contribution in [-0.4, -0.2) is 23.4 Å². The fourth-order valence-corrected chi connectivity index (χ4v) is 2.23. The summed E-state index contributed by atoms with van der Waals surface area (Å²) in [7, 11) is -3.41. The monoisotopic (exact) mass is 234 g/mol. The van der Waals surface area contributed by atoms with Gasteiger partial charge in [0, 0.05) is 17.5 Å². The average molecular weight is 234 g/mol. The van der Waals surface area contributed by atoms with Crippen LogP contribution in [0.5, 0.6) is 0 Å². The zero-order chi connectivity index (χ0) is 10.8. The first-order chi connectivity index (χ1) is 6.41. The zero-order valence-electron chi connectivity index (χ0n) is 7.26. The summed E-state index contributed by atoms with van der Waals surface area (Å²) in [6.45, 7) is 0. The number of hydrogen-bond acceptors (Lipinski definition) is 4. The minimum absolute atomic E-state index is 0.0378. The first kappa shape index (κ1) is 11.2. The standard InChI is InChI=1S/C7H9NO4S2/c1-14(11,12)7-5-3-2-4-6(7)8-13(9)10/h2-5,8H,1H3,(H,9,10)/p-1. The highest BCUT2D eigenvalue weighted by atomic mass is 32.2. The molecule has 5 nitrogen and oxygen atoms in total. The molecular weight excluding hydrogens is 226 g/mol. The molecule has 0 aliphatic heterocycles. The first-order valence-corrected chi connectivity index (χ1v) is 6.53. The van der Waals surface area contributed by atoms with E-state index in [-0.39, 0.29) is 10.6 Å². The molecule has 1 aromatic carbocycles. The van der Waals surface area contributed by atoms with Gasteiger partial charge in [-0.2, -0.15) is 0 Å². The van der Waals surface area contributed by atoms with Crippen molar-refractivity contribution in [2.75, 3.05) is 11.0 Å². The van der Waals surface area contributed by atoms with Crippen LogP contribution in [0.1, 0.15) is 0 Å². The summed E-state index contributed by atoms with van der Waals surface area (Å²) in [6, 6.07) is 5.79. The summed E-state index contributed by atoms with van der Waals surface area (Å²) >= 11 is -2.53. The van der Waals surface area contributed by atoms with Gasteiger partial charge in [0.2, 0.25) is 0 Å². The van der Waals surface area contributed by atoms with Crippen molar-refractivity contribution >= 4 is 26.8 Å². The molecule has 0 aromatic heterocycles. The summed E-state index contributed by atoms with van der Waals surface area (Å²) in [5.41, 5.74) is 0.0586. The molecule has 0 spiro atoms. The van der Waals surface area contributed by atoms with E-state index in [1.807, 2.05) is 4.72 Å². The fraction of sp³-hybridized carbons (Fsp3) is 0.143. The second kappa shape index (κ2) is 4.07. The number of anilines is 1. The van der Waals surface area contributed by atoms with Crippen molar-refractivity contribution in [3.05, 3.63) is 24.3 Å². The highest BCUT2D eigenvalue weighted by molar-refractivity contribution is 7.91. The fourth-order valence-electron chi connectivity index (χ4n) is 0.964. The number of rotatable bonds is 3. The molecule has 1 rings (SSSR count). The highest BCUT2D eigenvalue weighted by Crippen LogP contribution is 2.20. The van der Waals surface area contributed by atoms with E-state index in [9.17, 15) is 17.2 Å². The lowest BCUT2D eigenvalue weighted by atomic mass is 10.3. The Kier molecular flexibility index (Phi) is 3.25. The van der Waals surface area contributed by atoms with Crippen molar-refractivity contribution in [1.82, 2.24) is 0 Å². The molecule has 0 radical (unpaired) electrons. The predicted octanol–water partition coefficient (Wildman–Crippen LogP) is 0.296. The highest BCUT2D eigenvalue weighted by Gasteiger charge is 2.11. The summed E-state index contributed by atoms with van der Waals surface area (Å²) in [6.07, 6.45) is 1.02. The van der Waals surface area contributed by atoms with E-state index in [4.69, 9.17) is 0 Å². The van der Waals surface area contributed by atoms with Gasteiger partial charge in [0.1, 0.15) is 0 Å². The van der Waals surface area contributed by atoms with E-state index in [0.29, 0.717) is 0 Å². The van der Waals surface area contributed by atoms with Gasteiger partial charge in [-0.1, -0.05) is 12.1 Å². The molecule has 0 heterocycles. The lowest BCUT2D eigenvalue weighted by molar-refractivity contribution is 0.542. The second-order valence-corrected chi connectivity index (χ2v) is 5.26. The van der Waals surface area contributed by atoms with Gasteiger partial charge >= 0.3 is 0 Å². The molecule has 14 heavy (non-hydrogen) atoms. The Bertz CT molecular complexity index is 455. The van der Waals surface area contributed by atoms with E-state index in [1.54, 1.807) is 6.07 Å².